The fraction of sp³-hybridized carbons (Fsp3) is 0.346. The summed E-state index contributed by atoms with van der Waals surface area (Å²) in [5, 5.41) is 11.4. The molecule has 2 heterocycles. The van der Waals surface area contributed by atoms with Crippen LogP contribution in [0, 0.1) is 17.0 Å². The largest absolute Gasteiger partial charge is 0.497 e. The van der Waals surface area contributed by atoms with Crippen LogP contribution in [0.15, 0.2) is 48.5 Å². The lowest BCUT2D eigenvalue weighted by molar-refractivity contribution is -0.384. The van der Waals surface area contributed by atoms with Gasteiger partial charge in [-0.25, -0.2) is 9.97 Å². The third-order valence-electron chi connectivity index (χ3n) is 5.96. The van der Waals surface area contributed by atoms with Crippen molar-refractivity contribution in [2.75, 3.05) is 38.2 Å². The Balaban J connectivity index is 1.53. The Bertz CT molecular complexity index is 1250. The first-order valence-corrected chi connectivity index (χ1v) is 11.8. The Morgan fingerprint density at radius 1 is 1.00 bits per heavy atom. The van der Waals surface area contributed by atoms with E-state index in [9.17, 15) is 14.9 Å². The summed E-state index contributed by atoms with van der Waals surface area (Å²) in [6.45, 7) is 8.13. The van der Waals surface area contributed by atoms with E-state index in [-0.39, 0.29) is 28.8 Å². The maximum absolute atomic E-state index is 13.5. The van der Waals surface area contributed by atoms with E-state index in [1.807, 2.05) is 13.0 Å². The highest BCUT2D eigenvalue weighted by molar-refractivity contribution is 5.98. The van der Waals surface area contributed by atoms with Gasteiger partial charge >= 0.3 is 0 Å². The van der Waals surface area contributed by atoms with Crippen molar-refractivity contribution in [2.45, 2.75) is 26.7 Å². The predicted octanol–water partition coefficient (Wildman–Crippen LogP) is 4.58. The number of non-ortho nitro benzene ring substituents is 1. The molecule has 10 heteroatoms. The zero-order chi connectivity index (χ0) is 25.8. The molecule has 0 bridgehead atoms. The number of hydrogen-bond donors (Lipinski definition) is 0. The molecule has 1 fully saturated rings. The van der Waals surface area contributed by atoms with Crippen LogP contribution >= 0.6 is 0 Å². The molecule has 4 rings (SSSR count). The molecule has 0 unspecified atom stereocenters. The predicted molar refractivity (Wildman–Crippen MR) is 135 cm³/mol. The molecule has 0 atom stereocenters. The molecule has 0 N–H and O–H groups in total. The van der Waals surface area contributed by atoms with Crippen molar-refractivity contribution in [3.05, 3.63) is 75.7 Å². The maximum atomic E-state index is 13.5. The quantitative estimate of drug-likeness (QED) is 0.349. The van der Waals surface area contributed by atoms with E-state index in [0.717, 1.165) is 17.3 Å². The summed E-state index contributed by atoms with van der Waals surface area (Å²) in [7, 11) is 1.57. The lowest BCUT2D eigenvalue weighted by Crippen LogP contribution is -2.49. The van der Waals surface area contributed by atoms with Gasteiger partial charge < -0.3 is 19.3 Å². The number of aromatic nitrogens is 2. The number of nitro benzene ring substituents is 1. The molecule has 3 aromatic rings. The topological polar surface area (TPSA) is 111 Å². The molecule has 1 aliphatic rings. The molecule has 2 aromatic carbocycles. The van der Waals surface area contributed by atoms with Crippen molar-refractivity contribution in [1.82, 2.24) is 14.9 Å². The number of carbonyl (C=O) groups excluding carboxylic acids is 1. The molecule has 36 heavy (non-hydrogen) atoms. The monoisotopic (exact) mass is 491 g/mol. The number of benzene rings is 2. The molecule has 1 aromatic heterocycles. The van der Waals surface area contributed by atoms with E-state index < -0.39 is 4.92 Å². The summed E-state index contributed by atoms with van der Waals surface area (Å²) in [5.74, 6) is 2.94. The number of amides is 1. The Kier molecular flexibility index (Phi) is 7.33. The Morgan fingerprint density at radius 3 is 2.28 bits per heavy atom. The van der Waals surface area contributed by atoms with E-state index in [4.69, 9.17) is 14.5 Å². The van der Waals surface area contributed by atoms with Gasteiger partial charge in [0.2, 0.25) is 0 Å². The number of anilines is 1. The molecule has 1 aliphatic heterocycles. The van der Waals surface area contributed by atoms with Gasteiger partial charge in [-0.05, 0) is 37.3 Å². The number of methoxy groups -OCH3 is 1. The number of piperazine rings is 1. The van der Waals surface area contributed by atoms with Crippen LogP contribution < -0.4 is 14.4 Å². The summed E-state index contributed by atoms with van der Waals surface area (Å²) in [5.41, 5.74) is 0.879. The molecule has 1 amide bonds. The Morgan fingerprint density at radius 2 is 1.67 bits per heavy atom. The molecule has 188 valence electrons. The third kappa shape index (κ3) is 5.54. The van der Waals surface area contributed by atoms with E-state index in [1.165, 1.54) is 18.2 Å². The zero-order valence-electron chi connectivity index (χ0n) is 20.8. The molecule has 0 spiro atoms. The van der Waals surface area contributed by atoms with Gasteiger partial charge in [0.05, 0.1) is 17.6 Å². The van der Waals surface area contributed by atoms with Crippen molar-refractivity contribution in [2.24, 2.45) is 0 Å². The normalized spacial score (nSPS) is 13.6. The van der Waals surface area contributed by atoms with Crippen LogP contribution in [0.2, 0.25) is 0 Å². The van der Waals surface area contributed by atoms with E-state index in [2.05, 4.69) is 23.7 Å². The number of carbonyl (C=O) groups is 1. The summed E-state index contributed by atoms with van der Waals surface area (Å²) in [6.07, 6.45) is 0. The molecular formula is C26H29N5O5. The highest BCUT2D eigenvalue weighted by atomic mass is 16.6. The first-order chi connectivity index (χ1) is 17.2. The fourth-order valence-corrected chi connectivity index (χ4v) is 3.96. The molecule has 10 nitrogen and oxygen atoms in total. The molecule has 0 radical (unpaired) electrons. The van der Waals surface area contributed by atoms with E-state index in [0.29, 0.717) is 37.7 Å². The van der Waals surface area contributed by atoms with Gasteiger partial charge in [0.15, 0.2) is 0 Å². The molecule has 1 saturated heterocycles. The smallest absolute Gasteiger partial charge is 0.270 e. The van der Waals surface area contributed by atoms with Gasteiger partial charge in [0, 0.05) is 56.0 Å². The van der Waals surface area contributed by atoms with Gasteiger partial charge in [-0.3, -0.25) is 14.9 Å². The summed E-state index contributed by atoms with van der Waals surface area (Å²) in [4.78, 5) is 37.4. The van der Waals surface area contributed by atoms with Crippen molar-refractivity contribution in [3.8, 4) is 17.2 Å². The lowest BCUT2D eigenvalue weighted by atomic mass is 10.1. The van der Waals surface area contributed by atoms with Gasteiger partial charge in [0.1, 0.15) is 28.9 Å². The van der Waals surface area contributed by atoms with Crippen LogP contribution in [0.1, 0.15) is 41.6 Å². The minimum Gasteiger partial charge on any atom is -0.497 e. The second-order valence-electron chi connectivity index (χ2n) is 8.87. The third-order valence-corrected chi connectivity index (χ3v) is 5.96. The fourth-order valence-electron chi connectivity index (χ4n) is 3.96. The Hall–Kier alpha value is -4.21. The van der Waals surface area contributed by atoms with Crippen LogP contribution in [-0.4, -0.2) is 59.0 Å². The average Bonchev–Trinajstić information content (AvgIpc) is 2.88. The minimum absolute atomic E-state index is 0.147. The van der Waals surface area contributed by atoms with Crippen LogP contribution in [0.4, 0.5) is 11.5 Å². The van der Waals surface area contributed by atoms with Gasteiger partial charge in [-0.1, -0.05) is 13.8 Å². The van der Waals surface area contributed by atoms with Gasteiger partial charge in [-0.15, -0.1) is 0 Å². The van der Waals surface area contributed by atoms with Crippen LogP contribution in [-0.2, 0) is 0 Å². The Labute approximate surface area is 209 Å². The molecule has 0 saturated carbocycles. The van der Waals surface area contributed by atoms with Gasteiger partial charge in [-0.2, -0.15) is 0 Å². The maximum Gasteiger partial charge on any atom is 0.270 e. The minimum atomic E-state index is -0.518. The van der Waals surface area contributed by atoms with Gasteiger partial charge in [0.25, 0.3) is 11.6 Å². The number of aryl methyl sites for hydroxylation is 1. The summed E-state index contributed by atoms with van der Waals surface area (Å²) in [6, 6.07) is 12.9. The average molecular weight is 492 g/mol. The zero-order valence-corrected chi connectivity index (χ0v) is 20.8. The first-order valence-electron chi connectivity index (χ1n) is 11.8. The van der Waals surface area contributed by atoms with E-state index >= 15 is 0 Å². The van der Waals surface area contributed by atoms with Crippen molar-refractivity contribution in [3.63, 3.8) is 0 Å². The lowest BCUT2D eigenvalue weighted by Gasteiger charge is -2.35. The second kappa shape index (κ2) is 10.6. The highest BCUT2D eigenvalue weighted by Gasteiger charge is 2.27. The standard InChI is InChI=1S/C26H29N5O5/c1-17(2)25-27-18(3)15-24(28-25)29-11-13-30(14-12-29)26(32)22-16-19(31(33)34)5-10-23(22)36-21-8-6-20(35-4)7-9-21/h5-10,15-17H,11-14H2,1-4H3. The SMILES string of the molecule is COc1ccc(Oc2ccc([N+](=O)[O-])cc2C(=O)N2CCN(c3cc(C)nc(C(C)C)n3)CC2)cc1. The van der Waals surface area contributed by atoms with Crippen LogP contribution in [0.25, 0.3) is 0 Å². The number of hydrogen-bond acceptors (Lipinski definition) is 8. The van der Waals surface area contributed by atoms with E-state index in [1.54, 1.807) is 36.3 Å². The number of rotatable bonds is 7. The number of nitrogens with zero attached hydrogens (tertiary/aromatic N) is 5. The number of nitro groups is 1. The van der Waals surface area contributed by atoms with Crippen molar-refractivity contribution in [1.29, 1.82) is 0 Å². The summed E-state index contributed by atoms with van der Waals surface area (Å²) < 4.78 is 11.1. The number of ether oxygens (including phenoxy) is 2. The van der Waals surface area contributed by atoms with Crippen molar-refractivity contribution < 1.29 is 19.2 Å². The molecule has 0 aliphatic carbocycles. The van der Waals surface area contributed by atoms with Crippen LogP contribution in [0.3, 0.4) is 0 Å². The second-order valence-corrected chi connectivity index (χ2v) is 8.87. The highest BCUT2D eigenvalue weighted by Crippen LogP contribution is 2.31. The van der Waals surface area contributed by atoms with Crippen LogP contribution in [0.5, 0.6) is 17.2 Å². The molecular weight excluding hydrogens is 462 g/mol. The van der Waals surface area contributed by atoms with Crippen molar-refractivity contribution >= 4 is 17.4 Å². The summed E-state index contributed by atoms with van der Waals surface area (Å²) >= 11 is 0. The first kappa shape index (κ1) is 24.9.